The zero-order valence-corrected chi connectivity index (χ0v) is 23.6. The van der Waals surface area contributed by atoms with Gasteiger partial charge in [-0.2, -0.15) is 4.85 Å². The fourth-order valence-electron chi connectivity index (χ4n) is 3.86. The summed E-state index contributed by atoms with van der Waals surface area (Å²) in [7, 11) is 0. The molecule has 2 aromatic heterocycles. The van der Waals surface area contributed by atoms with Gasteiger partial charge in [0.1, 0.15) is 6.57 Å². The zero-order chi connectivity index (χ0) is 27.6. The molecule has 0 saturated carbocycles. The maximum Gasteiger partial charge on any atom is 0.263 e. The van der Waals surface area contributed by atoms with Crippen molar-refractivity contribution in [2.75, 3.05) is 0 Å². The van der Waals surface area contributed by atoms with E-state index in [-0.39, 0.29) is 48.2 Å². The number of aromatic nitrogens is 2. The molecule has 7 heteroatoms. The molecule has 0 bridgehead atoms. The SMILES string of the molecule is [C-]#[N+]c1c(-c2cc(-c3ccccc3)c(C)cn2)[c-]c(C#N)c(C#N)c1[N+]#[C-].[Ir].[c-]1ccccc1-c1ccccn1. The van der Waals surface area contributed by atoms with E-state index in [1.54, 1.807) is 12.4 Å². The van der Waals surface area contributed by atoms with E-state index in [1.807, 2.05) is 97.9 Å². The fraction of sp³-hybridized carbons (Fsp3) is 0.0303. The molecule has 0 unspecified atom stereocenters. The van der Waals surface area contributed by atoms with E-state index < -0.39 is 0 Å². The first-order valence-corrected chi connectivity index (χ1v) is 11.7. The normalized spacial score (nSPS) is 9.32. The van der Waals surface area contributed by atoms with Crippen LogP contribution in [0.25, 0.3) is 43.3 Å². The van der Waals surface area contributed by atoms with Crippen molar-refractivity contribution in [1.82, 2.24) is 9.97 Å². The standard InChI is InChI=1S/C22H10N5.C11H8N.Ir/c1-14-13-27-20(10-17(14)15-7-5-4-6-8-15)18-9-16(11-23)19(12-24)22(26-3)21(18)25-2;1-2-6-10(7-3-1)11-8-4-5-9-12-11;/h4-8,10,13H,1H3;1-6,8-9H;/q2*-1;. The molecule has 191 valence electrons. The molecule has 0 atom stereocenters. The minimum atomic E-state index is -0.138. The molecule has 40 heavy (non-hydrogen) atoms. The molecule has 0 fully saturated rings. The van der Waals surface area contributed by atoms with Crippen LogP contribution in [-0.4, -0.2) is 9.97 Å². The molecule has 5 aromatic rings. The Morgan fingerprint density at radius 3 is 2.15 bits per heavy atom. The number of nitrogens with zero attached hydrogens (tertiary/aromatic N) is 6. The largest absolute Gasteiger partial charge is 0.305 e. The predicted molar refractivity (Wildman–Crippen MR) is 149 cm³/mol. The van der Waals surface area contributed by atoms with Gasteiger partial charge in [0.05, 0.1) is 6.57 Å². The predicted octanol–water partition coefficient (Wildman–Crippen LogP) is 7.92. The van der Waals surface area contributed by atoms with E-state index >= 15 is 0 Å². The second-order valence-corrected chi connectivity index (χ2v) is 8.14. The molecule has 3 aromatic carbocycles. The van der Waals surface area contributed by atoms with Crippen molar-refractivity contribution in [3.63, 3.8) is 0 Å². The summed E-state index contributed by atoms with van der Waals surface area (Å²) in [6.45, 7) is 16.8. The van der Waals surface area contributed by atoms with Crippen molar-refractivity contribution in [2.24, 2.45) is 0 Å². The topological polar surface area (TPSA) is 82.1 Å². The second kappa shape index (κ2) is 13.9. The maximum absolute atomic E-state index is 9.35. The van der Waals surface area contributed by atoms with E-state index in [2.05, 4.69) is 31.8 Å². The van der Waals surface area contributed by atoms with Gasteiger partial charge in [-0.15, -0.1) is 35.9 Å². The summed E-state index contributed by atoms with van der Waals surface area (Å²) in [6, 6.07) is 34.9. The van der Waals surface area contributed by atoms with Gasteiger partial charge in [-0.05, 0) is 52.6 Å². The van der Waals surface area contributed by atoms with Crippen LogP contribution < -0.4 is 0 Å². The van der Waals surface area contributed by atoms with Crippen LogP contribution in [0.2, 0.25) is 0 Å². The molecule has 0 spiro atoms. The third-order valence-corrected chi connectivity index (χ3v) is 5.74. The number of benzene rings is 3. The van der Waals surface area contributed by atoms with Crippen LogP contribution in [0.15, 0.2) is 91.3 Å². The summed E-state index contributed by atoms with van der Waals surface area (Å²) < 4.78 is 0. The van der Waals surface area contributed by atoms with Gasteiger partial charge in [0, 0.05) is 49.8 Å². The van der Waals surface area contributed by atoms with Gasteiger partial charge >= 0.3 is 0 Å². The van der Waals surface area contributed by atoms with E-state index in [0.29, 0.717) is 5.69 Å². The first-order chi connectivity index (χ1) is 19.1. The van der Waals surface area contributed by atoms with E-state index in [9.17, 15) is 10.5 Å². The number of rotatable bonds is 3. The summed E-state index contributed by atoms with van der Waals surface area (Å²) in [5.74, 6) is 0. The van der Waals surface area contributed by atoms with Gasteiger partial charge in [-0.1, -0.05) is 54.6 Å². The molecule has 0 N–H and O–H groups in total. The second-order valence-electron chi connectivity index (χ2n) is 8.14. The molecule has 5 rings (SSSR count). The van der Waals surface area contributed by atoms with E-state index in [1.165, 1.54) is 0 Å². The van der Waals surface area contributed by atoms with Gasteiger partial charge in [0.2, 0.25) is 5.69 Å². The van der Waals surface area contributed by atoms with Crippen LogP contribution in [-0.2, 0) is 20.1 Å². The van der Waals surface area contributed by atoms with Gasteiger partial charge in [-0.25, -0.2) is 15.4 Å². The summed E-state index contributed by atoms with van der Waals surface area (Å²) in [4.78, 5) is 15.3. The first-order valence-electron chi connectivity index (χ1n) is 11.7. The van der Waals surface area contributed by atoms with Gasteiger partial charge < -0.3 is 4.98 Å². The van der Waals surface area contributed by atoms with Crippen LogP contribution in [0, 0.1) is 54.9 Å². The Labute approximate surface area is 246 Å². The summed E-state index contributed by atoms with van der Waals surface area (Å²) in [6.07, 6.45) is 3.47. The number of hydrogen-bond donors (Lipinski definition) is 0. The number of pyridine rings is 2. The van der Waals surface area contributed by atoms with Gasteiger partial charge in [-0.3, -0.25) is 4.98 Å². The Bertz CT molecular complexity index is 1750. The molecule has 1 radical (unpaired) electrons. The van der Waals surface area contributed by atoms with Crippen LogP contribution in [0.5, 0.6) is 0 Å². The van der Waals surface area contributed by atoms with Crippen LogP contribution >= 0.6 is 0 Å². The molecular weight excluding hydrogens is 673 g/mol. The van der Waals surface area contributed by atoms with Crippen molar-refractivity contribution in [3.05, 3.63) is 143 Å². The molecule has 6 nitrogen and oxygen atoms in total. The number of nitriles is 2. The third kappa shape index (κ3) is 6.34. The van der Waals surface area contributed by atoms with Crippen LogP contribution in [0.3, 0.4) is 0 Å². The monoisotopic (exact) mass is 691 g/mol. The number of hydrogen-bond acceptors (Lipinski definition) is 4. The molecule has 2 heterocycles. The molecule has 0 aliphatic carbocycles. The smallest absolute Gasteiger partial charge is 0.263 e. The molecular formula is C33H18IrN6-2. The average Bonchev–Trinajstić information content (AvgIpc) is 3.01. The van der Waals surface area contributed by atoms with Crippen molar-refractivity contribution in [1.29, 1.82) is 10.5 Å². The van der Waals surface area contributed by atoms with Crippen LogP contribution in [0.1, 0.15) is 16.7 Å². The fourth-order valence-corrected chi connectivity index (χ4v) is 3.86. The van der Waals surface area contributed by atoms with Crippen molar-refractivity contribution in [3.8, 4) is 45.8 Å². The zero-order valence-electron chi connectivity index (χ0n) is 21.2. The minimum Gasteiger partial charge on any atom is -0.305 e. The Hall–Kier alpha value is -5.43. The Balaban J connectivity index is 0.000000283. The summed E-state index contributed by atoms with van der Waals surface area (Å²) in [5, 5.41) is 18.6. The average molecular weight is 691 g/mol. The van der Waals surface area contributed by atoms with Crippen molar-refractivity contribution in [2.45, 2.75) is 6.92 Å². The van der Waals surface area contributed by atoms with Gasteiger partial charge in [0.15, 0.2) is 0 Å². The van der Waals surface area contributed by atoms with Crippen molar-refractivity contribution >= 4 is 11.4 Å². The quantitative estimate of drug-likeness (QED) is 0.180. The van der Waals surface area contributed by atoms with Crippen molar-refractivity contribution < 1.29 is 20.1 Å². The Morgan fingerprint density at radius 1 is 0.825 bits per heavy atom. The summed E-state index contributed by atoms with van der Waals surface area (Å²) in [5.41, 5.74) is 5.22. The van der Waals surface area contributed by atoms with Crippen LogP contribution in [0.4, 0.5) is 11.4 Å². The maximum atomic E-state index is 9.35. The first kappa shape index (κ1) is 29.1. The third-order valence-electron chi connectivity index (χ3n) is 5.74. The summed E-state index contributed by atoms with van der Waals surface area (Å²) >= 11 is 0. The van der Waals surface area contributed by atoms with E-state index in [0.717, 1.165) is 27.9 Å². The Morgan fingerprint density at radius 2 is 1.55 bits per heavy atom. The molecule has 0 saturated heterocycles. The minimum absolute atomic E-state index is 0. The number of aryl methyl sites for hydroxylation is 1. The molecule has 0 amide bonds. The van der Waals surface area contributed by atoms with Gasteiger partial charge in [0.25, 0.3) is 5.69 Å². The molecule has 0 aliphatic heterocycles. The van der Waals surface area contributed by atoms with E-state index in [4.69, 9.17) is 13.1 Å². The molecule has 0 aliphatic rings. The Kier molecular flexibility index (Phi) is 10.1.